The second-order valence-electron chi connectivity index (χ2n) is 6.74. The first kappa shape index (κ1) is 15.0. The van der Waals surface area contributed by atoms with Crippen LogP contribution < -0.4 is 5.32 Å². The molecule has 2 aromatic rings. The van der Waals surface area contributed by atoms with Crippen molar-refractivity contribution in [1.82, 2.24) is 4.90 Å². The van der Waals surface area contributed by atoms with Crippen molar-refractivity contribution < 1.29 is 4.79 Å². The molecule has 0 saturated carbocycles. The van der Waals surface area contributed by atoms with E-state index in [1.54, 1.807) is 0 Å². The summed E-state index contributed by atoms with van der Waals surface area (Å²) in [7, 11) is 0. The molecule has 1 N–H and O–H groups in total. The van der Waals surface area contributed by atoms with E-state index in [1.807, 2.05) is 35.2 Å². The molecule has 2 amide bonds. The fourth-order valence-electron chi connectivity index (χ4n) is 3.76. The normalized spacial score (nSPS) is 22.2. The number of anilines is 1. The summed E-state index contributed by atoms with van der Waals surface area (Å²) < 4.78 is 0. The summed E-state index contributed by atoms with van der Waals surface area (Å²) in [5.41, 5.74) is 3.20. The number of hydrogen-bond donors (Lipinski definition) is 1. The number of nitrogens with zero attached hydrogens (tertiary/aromatic N) is 1. The average molecular weight is 318 g/mol. The van der Waals surface area contributed by atoms with E-state index in [4.69, 9.17) is 0 Å². The van der Waals surface area contributed by atoms with Crippen molar-refractivity contribution >= 4 is 11.7 Å². The van der Waals surface area contributed by atoms with Gasteiger partial charge >= 0.3 is 6.03 Å². The van der Waals surface area contributed by atoms with E-state index in [9.17, 15) is 4.79 Å². The van der Waals surface area contributed by atoms with Crippen LogP contribution >= 0.6 is 0 Å². The van der Waals surface area contributed by atoms with Gasteiger partial charge in [-0.05, 0) is 47.9 Å². The fraction of sp³-hybridized carbons (Fsp3) is 0.286. The van der Waals surface area contributed by atoms with Gasteiger partial charge in [0.15, 0.2) is 0 Å². The number of allylic oxidation sites excluding steroid dienone is 2. The number of carbonyl (C=O) groups excluding carboxylic acids is 1. The van der Waals surface area contributed by atoms with Crippen LogP contribution in [-0.2, 0) is 0 Å². The molecule has 1 fully saturated rings. The Bertz CT molecular complexity index is 720. The summed E-state index contributed by atoms with van der Waals surface area (Å²) in [5.74, 6) is 1.28. The van der Waals surface area contributed by atoms with Crippen LogP contribution in [0.2, 0.25) is 0 Å². The average Bonchev–Trinajstić information content (AvgIpc) is 3.07. The third kappa shape index (κ3) is 3.07. The molecule has 1 aliphatic carbocycles. The molecule has 0 aromatic heterocycles. The summed E-state index contributed by atoms with van der Waals surface area (Å²) in [5, 5.41) is 3.04. The predicted octanol–water partition coefficient (Wildman–Crippen LogP) is 4.78. The van der Waals surface area contributed by atoms with Gasteiger partial charge in [0.05, 0.1) is 0 Å². The second kappa shape index (κ2) is 6.52. The molecule has 24 heavy (non-hydrogen) atoms. The van der Waals surface area contributed by atoms with Crippen molar-refractivity contribution in [3.8, 4) is 11.1 Å². The molecule has 0 bridgehead atoms. The Morgan fingerprint density at radius 1 is 0.833 bits per heavy atom. The highest BCUT2D eigenvalue weighted by atomic mass is 16.2. The summed E-state index contributed by atoms with van der Waals surface area (Å²) in [6, 6.07) is 18.4. The van der Waals surface area contributed by atoms with Crippen molar-refractivity contribution in [2.75, 3.05) is 18.4 Å². The molecular formula is C21H22N2O. The monoisotopic (exact) mass is 318 g/mol. The summed E-state index contributed by atoms with van der Waals surface area (Å²) in [4.78, 5) is 14.5. The largest absolute Gasteiger partial charge is 0.324 e. The number of benzene rings is 2. The van der Waals surface area contributed by atoms with Gasteiger partial charge < -0.3 is 10.2 Å². The first-order chi connectivity index (χ1) is 11.8. The molecule has 1 saturated heterocycles. The quantitative estimate of drug-likeness (QED) is 0.794. The van der Waals surface area contributed by atoms with Crippen LogP contribution in [0.1, 0.15) is 12.8 Å². The van der Waals surface area contributed by atoms with Gasteiger partial charge in [-0.3, -0.25) is 0 Å². The van der Waals surface area contributed by atoms with E-state index < -0.39 is 0 Å². The van der Waals surface area contributed by atoms with E-state index in [0.29, 0.717) is 11.8 Å². The number of amides is 2. The zero-order valence-corrected chi connectivity index (χ0v) is 13.7. The van der Waals surface area contributed by atoms with Crippen molar-refractivity contribution in [2.45, 2.75) is 12.8 Å². The molecule has 1 heterocycles. The molecule has 2 unspecified atom stereocenters. The van der Waals surface area contributed by atoms with Gasteiger partial charge in [0.1, 0.15) is 0 Å². The van der Waals surface area contributed by atoms with Gasteiger partial charge in [0.25, 0.3) is 0 Å². The van der Waals surface area contributed by atoms with Gasteiger partial charge in [-0.15, -0.1) is 0 Å². The minimum atomic E-state index is 0.0249. The van der Waals surface area contributed by atoms with Crippen LogP contribution in [0.5, 0.6) is 0 Å². The van der Waals surface area contributed by atoms with E-state index >= 15 is 0 Å². The Kier molecular flexibility index (Phi) is 4.08. The summed E-state index contributed by atoms with van der Waals surface area (Å²) in [6.07, 6.45) is 6.73. The zero-order chi connectivity index (χ0) is 16.4. The van der Waals surface area contributed by atoms with Crippen LogP contribution in [0.4, 0.5) is 10.5 Å². The second-order valence-corrected chi connectivity index (χ2v) is 6.74. The zero-order valence-electron chi connectivity index (χ0n) is 13.7. The maximum Gasteiger partial charge on any atom is 0.321 e. The maximum atomic E-state index is 12.5. The minimum absolute atomic E-state index is 0.0249. The topological polar surface area (TPSA) is 32.3 Å². The number of fused-ring (bicyclic) bond motifs is 1. The highest BCUT2D eigenvalue weighted by molar-refractivity contribution is 5.89. The van der Waals surface area contributed by atoms with Gasteiger partial charge in [0.2, 0.25) is 0 Å². The van der Waals surface area contributed by atoms with E-state index in [0.717, 1.165) is 37.2 Å². The molecule has 122 valence electrons. The standard InChI is InChI=1S/C21H22N2O/c24-21(23-14-18-8-4-5-9-19(18)15-23)22-20-12-10-17(11-13-20)16-6-2-1-3-7-16/h1-7,10-13,18-19H,8-9,14-15H2,(H,22,24). The third-order valence-electron chi connectivity index (χ3n) is 5.15. The van der Waals surface area contributed by atoms with Crippen molar-refractivity contribution in [3.05, 3.63) is 66.7 Å². The lowest BCUT2D eigenvalue weighted by molar-refractivity contribution is 0.220. The maximum absolute atomic E-state index is 12.5. The van der Waals surface area contributed by atoms with Crippen molar-refractivity contribution in [1.29, 1.82) is 0 Å². The first-order valence-corrected chi connectivity index (χ1v) is 8.66. The van der Waals surface area contributed by atoms with Gasteiger partial charge in [-0.2, -0.15) is 0 Å². The van der Waals surface area contributed by atoms with Crippen molar-refractivity contribution in [2.24, 2.45) is 11.8 Å². The Hall–Kier alpha value is -2.55. The Labute approximate surface area is 143 Å². The smallest absolute Gasteiger partial charge is 0.321 e. The van der Waals surface area contributed by atoms with Gasteiger partial charge in [-0.1, -0.05) is 54.6 Å². The highest BCUT2D eigenvalue weighted by Crippen LogP contribution is 2.33. The van der Waals surface area contributed by atoms with Gasteiger partial charge in [-0.25, -0.2) is 4.79 Å². The van der Waals surface area contributed by atoms with Crippen LogP contribution in [0, 0.1) is 11.8 Å². The lowest BCUT2D eigenvalue weighted by atomic mass is 9.86. The molecule has 2 aliphatic rings. The Morgan fingerprint density at radius 2 is 1.42 bits per heavy atom. The molecule has 2 atom stereocenters. The number of nitrogens with one attached hydrogen (secondary N) is 1. The van der Waals surface area contributed by atoms with Crippen LogP contribution in [-0.4, -0.2) is 24.0 Å². The van der Waals surface area contributed by atoms with E-state index in [1.165, 1.54) is 5.56 Å². The number of likely N-dealkylation sites (tertiary alicyclic amines) is 1. The number of carbonyl (C=O) groups is 1. The van der Waals surface area contributed by atoms with Crippen LogP contribution in [0.3, 0.4) is 0 Å². The van der Waals surface area contributed by atoms with E-state index in [-0.39, 0.29) is 6.03 Å². The predicted molar refractivity (Wildman–Crippen MR) is 97.8 cm³/mol. The van der Waals surface area contributed by atoms with Crippen LogP contribution in [0.25, 0.3) is 11.1 Å². The third-order valence-corrected chi connectivity index (χ3v) is 5.15. The molecule has 2 aromatic carbocycles. The lowest BCUT2D eigenvalue weighted by Crippen LogP contribution is -2.33. The summed E-state index contributed by atoms with van der Waals surface area (Å²) in [6.45, 7) is 1.76. The fourth-order valence-corrected chi connectivity index (χ4v) is 3.76. The van der Waals surface area contributed by atoms with E-state index in [2.05, 4.69) is 41.7 Å². The van der Waals surface area contributed by atoms with Gasteiger partial charge in [0, 0.05) is 18.8 Å². The Morgan fingerprint density at radius 3 is 2.04 bits per heavy atom. The molecule has 4 rings (SSSR count). The number of urea groups is 1. The number of hydrogen-bond acceptors (Lipinski definition) is 1. The van der Waals surface area contributed by atoms with Crippen molar-refractivity contribution in [3.63, 3.8) is 0 Å². The molecule has 0 radical (unpaired) electrons. The molecule has 0 spiro atoms. The lowest BCUT2D eigenvalue weighted by Gasteiger charge is -2.17. The molecule has 3 heteroatoms. The highest BCUT2D eigenvalue weighted by Gasteiger charge is 2.35. The SMILES string of the molecule is O=C(Nc1ccc(-c2ccccc2)cc1)N1CC2CC=CCC2C1. The molecule has 3 nitrogen and oxygen atoms in total. The first-order valence-electron chi connectivity index (χ1n) is 8.66. The number of rotatable bonds is 2. The van der Waals surface area contributed by atoms with Crippen LogP contribution in [0.15, 0.2) is 66.7 Å². The molecular weight excluding hydrogens is 296 g/mol. The summed E-state index contributed by atoms with van der Waals surface area (Å²) >= 11 is 0. The molecule has 1 aliphatic heterocycles. The Balaban J connectivity index is 1.40. The minimum Gasteiger partial charge on any atom is -0.324 e.